The maximum Gasteiger partial charge on any atom is 0.266 e. The van der Waals surface area contributed by atoms with Crippen LogP contribution in [0.4, 0.5) is 8.78 Å². The minimum Gasteiger partial charge on any atom is -0.384 e. The molecule has 5 heteroatoms. The molecule has 0 radical (unpaired) electrons. The van der Waals surface area contributed by atoms with E-state index >= 15 is 0 Å². The summed E-state index contributed by atoms with van der Waals surface area (Å²) in [4.78, 5) is 0. The number of halogens is 2. The van der Waals surface area contributed by atoms with E-state index in [1.807, 2.05) is 0 Å². The predicted octanol–water partition coefficient (Wildman–Crippen LogP) is 1.55. The molecule has 0 aromatic carbocycles. The highest BCUT2D eigenvalue weighted by Gasteiger charge is 2.63. The van der Waals surface area contributed by atoms with E-state index in [1.165, 1.54) is 0 Å². The number of rotatable bonds is 1. The topological polar surface area (TPSA) is 38.7 Å². The van der Waals surface area contributed by atoms with Crippen LogP contribution in [0.5, 0.6) is 0 Å². The molecule has 3 aliphatic rings. The van der Waals surface area contributed by atoms with Crippen LogP contribution in [0.3, 0.4) is 0 Å². The first-order valence-corrected chi connectivity index (χ1v) is 5.85. The fourth-order valence-electron chi connectivity index (χ4n) is 3.66. The first-order chi connectivity index (χ1) is 7.57. The van der Waals surface area contributed by atoms with E-state index in [0.717, 1.165) is 12.8 Å². The van der Waals surface area contributed by atoms with Gasteiger partial charge in [-0.25, -0.2) is 8.78 Å². The molecule has 1 aliphatic heterocycles. The Morgan fingerprint density at radius 2 is 1.56 bits per heavy atom. The highest BCUT2D eigenvalue weighted by atomic mass is 19.3. The summed E-state index contributed by atoms with van der Waals surface area (Å²) in [5.41, 5.74) is -1.83. The summed E-state index contributed by atoms with van der Waals surface area (Å²) in [7, 11) is 0. The van der Waals surface area contributed by atoms with Crippen molar-refractivity contribution in [2.24, 2.45) is 11.8 Å². The standard InChI is InChI=1S/C11H16F2O3/c12-9(13)10(14)5-7-1-2-8(6-10)11(7)15-3-4-16-11/h7-9,14H,1-6H2/t7-,8+,10?. The van der Waals surface area contributed by atoms with E-state index in [4.69, 9.17) is 9.47 Å². The fraction of sp³-hybridized carbons (Fsp3) is 1.00. The van der Waals surface area contributed by atoms with Crippen LogP contribution in [-0.2, 0) is 9.47 Å². The van der Waals surface area contributed by atoms with Gasteiger partial charge in [0.25, 0.3) is 6.43 Å². The first kappa shape index (κ1) is 10.9. The normalized spacial score (nSPS) is 45.8. The Labute approximate surface area is 92.7 Å². The molecule has 0 aromatic heterocycles. The summed E-state index contributed by atoms with van der Waals surface area (Å²) in [5, 5.41) is 9.91. The maximum atomic E-state index is 12.8. The van der Waals surface area contributed by atoms with Gasteiger partial charge in [0.1, 0.15) is 5.60 Å². The van der Waals surface area contributed by atoms with Crippen LogP contribution in [0.2, 0.25) is 0 Å². The van der Waals surface area contributed by atoms with Crippen molar-refractivity contribution in [3.05, 3.63) is 0 Å². The lowest BCUT2D eigenvalue weighted by atomic mass is 9.73. The molecule has 0 amide bonds. The number of hydrogen-bond acceptors (Lipinski definition) is 3. The lowest BCUT2D eigenvalue weighted by molar-refractivity contribution is -0.263. The van der Waals surface area contributed by atoms with Gasteiger partial charge in [0.05, 0.1) is 13.2 Å². The maximum absolute atomic E-state index is 12.8. The molecule has 3 rings (SSSR count). The Morgan fingerprint density at radius 1 is 1.06 bits per heavy atom. The quantitative estimate of drug-likeness (QED) is 0.748. The fourth-order valence-corrected chi connectivity index (χ4v) is 3.66. The minimum atomic E-state index is -2.67. The molecule has 3 atom stereocenters. The Morgan fingerprint density at radius 3 is 2.00 bits per heavy atom. The van der Waals surface area contributed by atoms with Gasteiger partial charge in [0.2, 0.25) is 0 Å². The van der Waals surface area contributed by atoms with Crippen molar-refractivity contribution in [2.45, 2.75) is 43.5 Å². The van der Waals surface area contributed by atoms with Crippen molar-refractivity contribution in [3.8, 4) is 0 Å². The van der Waals surface area contributed by atoms with Crippen molar-refractivity contribution in [1.82, 2.24) is 0 Å². The molecule has 3 nitrogen and oxygen atoms in total. The van der Waals surface area contributed by atoms with Crippen LogP contribution in [0.15, 0.2) is 0 Å². The third-order valence-corrected chi connectivity index (χ3v) is 4.35. The smallest absolute Gasteiger partial charge is 0.266 e. The molecule has 1 heterocycles. The van der Waals surface area contributed by atoms with Crippen LogP contribution >= 0.6 is 0 Å². The van der Waals surface area contributed by atoms with Crippen molar-refractivity contribution in [1.29, 1.82) is 0 Å². The summed E-state index contributed by atoms with van der Waals surface area (Å²) in [5.74, 6) is -0.804. The molecule has 1 spiro atoms. The minimum absolute atomic E-state index is 0.0762. The zero-order valence-electron chi connectivity index (χ0n) is 8.99. The van der Waals surface area contributed by atoms with Gasteiger partial charge in [-0.15, -0.1) is 0 Å². The third kappa shape index (κ3) is 1.28. The summed E-state index contributed by atoms with van der Waals surface area (Å²) in [6, 6.07) is 0. The van der Waals surface area contributed by atoms with E-state index in [0.29, 0.717) is 13.2 Å². The molecule has 1 saturated heterocycles. The van der Waals surface area contributed by atoms with E-state index in [9.17, 15) is 13.9 Å². The SMILES string of the molecule is OC1(C(F)F)C[C@H]2CC[C@@H](C1)C21OCCO1. The number of aliphatic hydroxyl groups is 1. The largest absolute Gasteiger partial charge is 0.384 e. The second-order valence-electron chi connectivity index (χ2n) is 5.20. The molecule has 2 bridgehead atoms. The van der Waals surface area contributed by atoms with Gasteiger partial charge in [0.15, 0.2) is 5.79 Å². The number of alkyl halides is 2. The number of hydrogen-bond donors (Lipinski definition) is 1. The van der Waals surface area contributed by atoms with Crippen molar-refractivity contribution in [3.63, 3.8) is 0 Å². The summed E-state index contributed by atoms with van der Waals surface area (Å²) in [6.45, 7) is 1.08. The average molecular weight is 234 g/mol. The van der Waals surface area contributed by atoms with Gasteiger partial charge >= 0.3 is 0 Å². The third-order valence-electron chi connectivity index (χ3n) is 4.35. The second-order valence-corrected chi connectivity index (χ2v) is 5.20. The van der Waals surface area contributed by atoms with E-state index < -0.39 is 17.8 Å². The van der Waals surface area contributed by atoms with Gasteiger partial charge in [-0.3, -0.25) is 0 Å². The van der Waals surface area contributed by atoms with Crippen LogP contribution in [0.25, 0.3) is 0 Å². The average Bonchev–Trinajstić information content (AvgIpc) is 2.77. The van der Waals surface area contributed by atoms with E-state index in [-0.39, 0.29) is 24.7 Å². The predicted molar refractivity (Wildman–Crippen MR) is 51.0 cm³/mol. The monoisotopic (exact) mass is 234 g/mol. The van der Waals surface area contributed by atoms with Gasteiger partial charge < -0.3 is 14.6 Å². The highest BCUT2D eigenvalue weighted by molar-refractivity contribution is 5.06. The van der Waals surface area contributed by atoms with Crippen LogP contribution in [0, 0.1) is 11.8 Å². The van der Waals surface area contributed by atoms with E-state index in [2.05, 4.69) is 0 Å². The zero-order chi connectivity index (χ0) is 11.4. The van der Waals surface area contributed by atoms with Gasteiger partial charge in [-0.05, 0) is 25.7 Å². The Hall–Kier alpha value is -0.260. The Kier molecular flexibility index (Phi) is 2.29. The Balaban J connectivity index is 1.87. The lowest BCUT2D eigenvalue weighted by Gasteiger charge is -2.45. The molecule has 3 fully saturated rings. The van der Waals surface area contributed by atoms with E-state index in [1.54, 1.807) is 0 Å². The number of ether oxygens (including phenoxy) is 2. The van der Waals surface area contributed by atoms with Gasteiger partial charge in [0, 0.05) is 11.8 Å². The molecule has 1 unspecified atom stereocenters. The second kappa shape index (κ2) is 3.37. The molecule has 16 heavy (non-hydrogen) atoms. The molecule has 2 aliphatic carbocycles. The molecular formula is C11H16F2O3. The van der Waals surface area contributed by atoms with Gasteiger partial charge in [-0.1, -0.05) is 0 Å². The highest BCUT2D eigenvalue weighted by Crippen LogP contribution is 2.57. The molecule has 92 valence electrons. The Bertz CT molecular complexity index is 273. The van der Waals surface area contributed by atoms with Crippen molar-refractivity contribution < 1.29 is 23.4 Å². The zero-order valence-corrected chi connectivity index (χ0v) is 8.99. The van der Waals surface area contributed by atoms with Crippen LogP contribution in [-0.4, -0.2) is 36.1 Å². The summed E-state index contributed by atoms with van der Waals surface area (Å²) in [6.07, 6.45) is -0.837. The summed E-state index contributed by atoms with van der Waals surface area (Å²) < 4.78 is 37.0. The molecule has 1 N–H and O–H groups in total. The van der Waals surface area contributed by atoms with Crippen molar-refractivity contribution >= 4 is 0 Å². The van der Waals surface area contributed by atoms with Crippen LogP contribution < -0.4 is 0 Å². The van der Waals surface area contributed by atoms with Crippen LogP contribution in [0.1, 0.15) is 25.7 Å². The molecule has 0 aromatic rings. The molecule has 2 saturated carbocycles. The molecular weight excluding hydrogens is 218 g/mol. The lowest BCUT2D eigenvalue weighted by Crippen LogP contribution is -2.54. The van der Waals surface area contributed by atoms with Gasteiger partial charge in [-0.2, -0.15) is 0 Å². The first-order valence-electron chi connectivity index (χ1n) is 5.85. The van der Waals surface area contributed by atoms with Crippen molar-refractivity contribution in [2.75, 3.05) is 13.2 Å². The summed E-state index contributed by atoms with van der Waals surface area (Å²) >= 11 is 0.